The first-order valence-electron chi connectivity index (χ1n) is 12.9. The molecule has 0 amide bonds. The fraction of sp³-hybridized carbons (Fsp3) is 0.926. The first kappa shape index (κ1) is 21.2. The van der Waals surface area contributed by atoms with E-state index in [1.54, 1.807) is 0 Å². The van der Waals surface area contributed by atoms with Gasteiger partial charge in [-0.05, 0) is 91.3 Å². The molecule has 0 radical (unpaired) electrons. The zero-order valence-electron chi connectivity index (χ0n) is 19.6. The molecule has 168 valence electrons. The van der Waals surface area contributed by atoms with Gasteiger partial charge < -0.3 is 4.74 Å². The van der Waals surface area contributed by atoms with Gasteiger partial charge in [-0.25, -0.2) is 0 Å². The molecule has 5 rings (SSSR count). The van der Waals surface area contributed by atoms with Gasteiger partial charge in [-0.3, -0.25) is 9.59 Å². The van der Waals surface area contributed by atoms with Crippen LogP contribution in [0.2, 0.25) is 0 Å². The smallest absolute Gasteiger partial charge is 0.137 e. The summed E-state index contributed by atoms with van der Waals surface area (Å²) >= 11 is 0. The molecule has 1 heterocycles. The highest BCUT2D eigenvalue weighted by molar-refractivity contribution is 5.85. The Morgan fingerprint density at radius 3 is 2.47 bits per heavy atom. The molecule has 0 spiro atoms. The van der Waals surface area contributed by atoms with E-state index in [0.29, 0.717) is 46.6 Å². The van der Waals surface area contributed by atoms with Gasteiger partial charge in [-0.2, -0.15) is 0 Å². The van der Waals surface area contributed by atoms with Gasteiger partial charge in [-0.1, -0.05) is 27.7 Å². The number of ether oxygens (including phenoxy) is 1. The number of ketones is 2. The lowest BCUT2D eigenvalue weighted by atomic mass is 9.44. The summed E-state index contributed by atoms with van der Waals surface area (Å²) in [6.07, 6.45) is 11.0. The van der Waals surface area contributed by atoms with Crippen LogP contribution in [0.15, 0.2) is 0 Å². The number of rotatable bonds is 2. The quantitative estimate of drug-likeness (QED) is 0.570. The molecular weight excluding hydrogens is 372 g/mol. The monoisotopic (exact) mass is 414 g/mol. The maximum Gasteiger partial charge on any atom is 0.137 e. The second kappa shape index (κ2) is 7.42. The standard InChI is InChI=1S/C27H42O3/c1-16-5-8-24(30-15-16)17(2)25-23(29)14-22-20-7-6-18-13-19(28)9-11-26(18,3)21(20)10-12-27(22,25)4/h16-18,20-22,24-25H,5-15H2,1-4H3. The van der Waals surface area contributed by atoms with Crippen LogP contribution in [-0.4, -0.2) is 24.3 Å². The van der Waals surface area contributed by atoms with Crippen LogP contribution in [0, 0.1) is 52.3 Å². The minimum atomic E-state index is 0.151. The average Bonchev–Trinajstić information content (AvgIpc) is 2.98. The van der Waals surface area contributed by atoms with E-state index >= 15 is 0 Å². The van der Waals surface area contributed by atoms with E-state index in [1.165, 1.54) is 32.1 Å². The normalized spacial score (nSPS) is 52.3. The van der Waals surface area contributed by atoms with Gasteiger partial charge in [0.25, 0.3) is 0 Å². The summed E-state index contributed by atoms with van der Waals surface area (Å²) in [6.45, 7) is 10.4. The van der Waals surface area contributed by atoms with E-state index in [0.717, 1.165) is 44.6 Å². The third-order valence-electron chi connectivity index (χ3n) is 11.0. The topological polar surface area (TPSA) is 43.4 Å². The highest BCUT2D eigenvalue weighted by Crippen LogP contribution is 2.67. The number of hydrogen-bond donors (Lipinski definition) is 0. The minimum absolute atomic E-state index is 0.151. The second-order valence-electron chi connectivity index (χ2n) is 12.5. The van der Waals surface area contributed by atoms with Crippen molar-refractivity contribution in [1.82, 2.24) is 0 Å². The fourth-order valence-corrected chi connectivity index (χ4v) is 9.30. The summed E-state index contributed by atoms with van der Waals surface area (Å²) in [4.78, 5) is 25.6. The maximum atomic E-state index is 13.5. The number of fused-ring (bicyclic) bond motifs is 5. The molecule has 4 saturated carbocycles. The fourth-order valence-electron chi connectivity index (χ4n) is 9.30. The van der Waals surface area contributed by atoms with Crippen molar-refractivity contribution in [3.05, 3.63) is 0 Å². The summed E-state index contributed by atoms with van der Waals surface area (Å²) in [6, 6.07) is 0. The van der Waals surface area contributed by atoms with Crippen molar-refractivity contribution in [1.29, 1.82) is 0 Å². The van der Waals surface area contributed by atoms with E-state index in [2.05, 4.69) is 27.7 Å². The minimum Gasteiger partial charge on any atom is -0.378 e. The molecule has 0 bridgehead atoms. The first-order chi connectivity index (χ1) is 14.2. The van der Waals surface area contributed by atoms with Crippen molar-refractivity contribution in [2.45, 2.75) is 98.0 Å². The molecular formula is C27H42O3. The van der Waals surface area contributed by atoms with E-state index in [9.17, 15) is 9.59 Å². The summed E-state index contributed by atoms with van der Waals surface area (Å²) in [5.74, 6) is 4.75. The van der Waals surface area contributed by atoms with Gasteiger partial charge in [0, 0.05) is 31.8 Å². The largest absolute Gasteiger partial charge is 0.378 e. The molecule has 0 aromatic carbocycles. The number of carbonyl (C=O) groups is 2. The Hall–Kier alpha value is -0.700. The molecule has 5 fully saturated rings. The molecule has 1 aliphatic heterocycles. The van der Waals surface area contributed by atoms with Crippen LogP contribution < -0.4 is 0 Å². The second-order valence-corrected chi connectivity index (χ2v) is 12.5. The SMILES string of the molecule is CC1CCC(C(C)C2C(=O)CC3C4CCC5CC(=O)CCC5(C)C4CCC32C)OC1. The average molecular weight is 415 g/mol. The van der Waals surface area contributed by atoms with Crippen LogP contribution in [0.5, 0.6) is 0 Å². The lowest BCUT2D eigenvalue weighted by Crippen LogP contribution is -2.54. The molecule has 3 nitrogen and oxygen atoms in total. The van der Waals surface area contributed by atoms with Crippen LogP contribution in [0.25, 0.3) is 0 Å². The molecule has 3 heteroatoms. The van der Waals surface area contributed by atoms with Crippen LogP contribution >= 0.6 is 0 Å². The number of carbonyl (C=O) groups excluding carboxylic acids is 2. The molecule has 10 unspecified atom stereocenters. The lowest BCUT2D eigenvalue weighted by Gasteiger charge is -2.60. The predicted octanol–water partition coefficient (Wildman–Crippen LogP) is 5.84. The van der Waals surface area contributed by atoms with Crippen molar-refractivity contribution in [2.75, 3.05) is 6.61 Å². The van der Waals surface area contributed by atoms with Crippen LogP contribution in [0.1, 0.15) is 91.9 Å². The van der Waals surface area contributed by atoms with Crippen molar-refractivity contribution in [3.8, 4) is 0 Å². The van der Waals surface area contributed by atoms with Gasteiger partial charge >= 0.3 is 0 Å². The summed E-state index contributed by atoms with van der Waals surface area (Å²) in [5.41, 5.74) is 0.477. The molecule has 10 atom stereocenters. The Morgan fingerprint density at radius 1 is 0.933 bits per heavy atom. The molecule has 5 aliphatic rings. The molecule has 30 heavy (non-hydrogen) atoms. The van der Waals surface area contributed by atoms with Gasteiger partial charge in [0.15, 0.2) is 0 Å². The van der Waals surface area contributed by atoms with Crippen LogP contribution in [0.3, 0.4) is 0 Å². The Labute approximate surface area is 183 Å². The van der Waals surface area contributed by atoms with Crippen LogP contribution in [0.4, 0.5) is 0 Å². The zero-order valence-corrected chi connectivity index (χ0v) is 19.6. The number of hydrogen-bond acceptors (Lipinski definition) is 3. The van der Waals surface area contributed by atoms with Crippen LogP contribution in [-0.2, 0) is 14.3 Å². The molecule has 1 saturated heterocycles. The van der Waals surface area contributed by atoms with Gasteiger partial charge in [0.05, 0.1) is 6.10 Å². The van der Waals surface area contributed by atoms with E-state index in [-0.39, 0.29) is 17.4 Å². The molecule has 0 N–H and O–H groups in total. The zero-order chi connectivity index (χ0) is 21.3. The third kappa shape index (κ3) is 3.08. The van der Waals surface area contributed by atoms with Gasteiger partial charge in [-0.15, -0.1) is 0 Å². The predicted molar refractivity (Wildman–Crippen MR) is 118 cm³/mol. The van der Waals surface area contributed by atoms with Crippen molar-refractivity contribution in [3.63, 3.8) is 0 Å². The third-order valence-corrected chi connectivity index (χ3v) is 11.0. The summed E-state index contributed by atoms with van der Waals surface area (Å²) < 4.78 is 6.26. The molecule has 0 aromatic rings. The van der Waals surface area contributed by atoms with E-state index in [4.69, 9.17) is 4.74 Å². The molecule has 4 aliphatic carbocycles. The van der Waals surface area contributed by atoms with Gasteiger partial charge in [0.2, 0.25) is 0 Å². The number of Topliss-reactive ketones (excluding diaryl/α,β-unsaturated/α-hetero) is 2. The van der Waals surface area contributed by atoms with Crippen molar-refractivity contribution >= 4 is 11.6 Å². The van der Waals surface area contributed by atoms with Crippen molar-refractivity contribution < 1.29 is 14.3 Å². The first-order valence-corrected chi connectivity index (χ1v) is 12.9. The Morgan fingerprint density at radius 2 is 1.73 bits per heavy atom. The summed E-state index contributed by atoms with van der Waals surface area (Å²) in [5, 5.41) is 0. The summed E-state index contributed by atoms with van der Waals surface area (Å²) in [7, 11) is 0. The highest BCUT2D eigenvalue weighted by atomic mass is 16.5. The van der Waals surface area contributed by atoms with E-state index in [1.807, 2.05) is 0 Å². The lowest BCUT2D eigenvalue weighted by molar-refractivity contribution is -0.144. The Balaban J connectivity index is 1.38. The maximum absolute atomic E-state index is 13.5. The highest BCUT2D eigenvalue weighted by Gasteiger charge is 2.63. The Bertz CT molecular complexity index is 707. The van der Waals surface area contributed by atoms with Gasteiger partial charge in [0.1, 0.15) is 11.6 Å². The van der Waals surface area contributed by atoms with E-state index < -0.39 is 0 Å². The molecule has 0 aromatic heterocycles. The Kier molecular flexibility index (Phi) is 5.24. The van der Waals surface area contributed by atoms with Crippen molar-refractivity contribution in [2.24, 2.45) is 52.3 Å².